The van der Waals surface area contributed by atoms with Crippen molar-refractivity contribution in [1.82, 2.24) is 24.6 Å². The van der Waals surface area contributed by atoms with Gasteiger partial charge in [0.25, 0.3) is 0 Å². The van der Waals surface area contributed by atoms with Gasteiger partial charge in [-0.1, -0.05) is 0 Å². The quantitative estimate of drug-likeness (QED) is 0.705. The van der Waals surface area contributed by atoms with Crippen LogP contribution in [0.1, 0.15) is 29.7 Å². The molecule has 2 aromatic heterocycles. The topological polar surface area (TPSA) is 63.5 Å². The van der Waals surface area contributed by atoms with E-state index in [-0.39, 0.29) is 12.1 Å². The van der Waals surface area contributed by atoms with E-state index in [1.807, 2.05) is 11.8 Å². The van der Waals surface area contributed by atoms with Gasteiger partial charge in [0.2, 0.25) is 5.95 Å². The molecule has 1 amide bonds. The molecule has 0 radical (unpaired) electrons. The summed E-state index contributed by atoms with van der Waals surface area (Å²) < 4.78 is 20.7. The van der Waals surface area contributed by atoms with Crippen LogP contribution in [0.15, 0.2) is 12.3 Å². The van der Waals surface area contributed by atoms with Crippen LogP contribution in [0, 0.1) is 12.9 Å². The van der Waals surface area contributed by atoms with Crippen LogP contribution in [0.25, 0.3) is 11.3 Å². The second-order valence-electron chi connectivity index (χ2n) is 7.86. The standard InChI is InChI=1S/C20H24FN5O2/c1-13-10-18(21)22-11-16(13)19-15-4-9-28-12-17(15)26(23-19)20(27)25-8-7-24-5-2-14(25)3-6-24/h10-11,14H,2-9,12H2,1H3. The van der Waals surface area contributed by atoms with Crippen molar-refractivity contribution in [3.63, 3.8) is 0 Å². The zero-order valence-corrected chi connectivity index (χ0v) is 16.0. The molecule has 6 rings (SSSR count). The zero-order chi connectivity index (χ0) is 19.3. The molecular formula is C20H24FN5O2. The van der Waals surface area contributed by atoms with E-state index in [0.29, 0.717) is 19.6 Å². The molecule has 2 aromatic rings. The fraction of sp³-hybridized carbons (Fsp3) is 0.550. The number of nitrogens with zero attached hydrogens (tertiary/aromatic N) is 5. The lowest BCUT2D eigenvalue weighted by Gasteiger charge is -2.31. The Morgan fingerprint density at radius 1 is 1.25 bits per heavy atom. The number of rotatable bonds is 1. The van der Waals surface area contributed by atoms with Gasteiger partial charge in [-0.05, 0) is 37.8 Å². The molecule has 2 bridgehead atoms. The molecule has 28 heavy (non-hydrogen) atoms. The largest absolute Gasteiger partial charge is 0.375 e. The van der Waals surface area contributed by atoms with E-state index in [2.05, 4.69) is 9.88 Å². The number of pyridine rings is 1. The highest BCUT2D eigenvalue weighted by Gasteiger charge is 2.35. The zero-order valence-electron chi connectivity index (χ0n) is 16.0. The van der Waals surface area contributed by atoms with Crippen LogP contribution in [0.4, 0.5) is 9.18 Å². The molecule has 7 nitrogen and oxygen atoms in total. The monoisotopic (exact) mass is 385 g/mol. The van der Waals surface area contributed by atoms with Gasteiger partial charge in [0.05, 0.1) is 24.6 Å². The summed E-state index contributed by atoms with van der Waals surface area (Å²) in [7, 11) is 0. The Labute approximate surface area is 163 Å². The smallest absolute Gasteiger partial charge is 0.345 e. The minimum absolute atomic E-state index is 0.0746. The summed E-state index contributed by atoms with van der Waals surface area (Å²) in [6.07, 6.45) is 4.23. The molecule has 0 aliphatic carbocycles. The van der Waals surface area contributed by atoms with Crippen LogP contribution in [0.5, 0.6) is 0 Å². The molecule has 4 aliphatic heterocycles. The molecule has 0 atom stereocenters. The van der Waals surface area contributed by atoms with Crippen molar-refractivity contribution >= 4 is 6.03 Å². The highest BCUT2D eigenvalue weighted by atomic mass is 19.1. The van der Waals surface area contributed by atoms with E-state index in [9.17, 15) is 9.18 Å². The highest BCUT2D eigenvalue weighted by Crippen LogP contribution is 2.32. The van der Waals surface area contributed by atoms with Gasteiger partial charge in [-0.15, -0.1) is 0 Å². The van der Waals surface area contributed by atoms with Gasteiger partial charge in [-0.25, -0.2) is 9.78 Å². The second-order valence-corrected chi connectivity index (χ2v) is 7.86. The second kappa shape index (κ2) is 6.93. The van der Waals surface area contributed by atoms with Gasteiger partial charge in [-0.2, -0.15) is 14.2 Å². The van der Waals surface area contributed by atoms with E-state index in [1.165, 1.54) is 16.9 Å². The van der Waals surface area contributed by atoms with Gasteiger partial charge in [0.15, 0.2) is 0 Å². The number of piperidine rings is 1. The van der Waals surface area contributed by atoms with E-state index in [4.69, 9.17) is 9.84 Å². The number of aryl methyl sites for hydroxylation is 1. The summed E-state index contributed by atoms with van der Waals surface area (Å²) in [5.74, 6) is -0.510. The van der Waals surface area contributed by atoms with Crippen LogP contribution >= 0.6 is 0 Å². The number of hydrogen-bond donors (Lipinski definition) is 0. The molecule has 3 saturated heterocycles. The van der Waals surface area contributed by atoms with Crippen molar-refractivity contribution < 1.29 is 13.9 Å². The first-order valence-electron chi connectivity index (χ1n) is 9.96. The van der Waals surface area contributed by atoms with Crippen molar-refractivity contribution in [2.24, 2.45) is 0 Å². The number of halogens is 1. The maximum atomic E-state index is 13.5. The first-order chi connectivity index (χ1) is 13.6. The minimum atomic E-state index is -0.510. The fourth-order valence-electron chi connectivity index (χ4n) is 4.64. The number of carbonyl (C=O) groups excluding carboxylic acids is 1. The molecule has 0 saturated carbocycles. The lowest BCUT2D eigenvalue weighted by Crippen LogP contribution is -2.44. The van der Waals surface area contributed by atoms with Gasteiger partial charge in [0.1, 0.15) is 0 Å². The number of fused-ring (bicyclic) bond motifs is 5. The lowest BCUT2D eigenvalue weighted by molar-refractivity contribution is 0.103. The number of ether oxygens (including phenoxy) is 1. The van der Waals surface area contributed by atoms with E-state index in [0.717, 1.165) is 67.1 Å². The average Bonchev–Trinajstić information content (AvgIpc) is 2.84. The number of aromatic nitrogens is 3. The van der Waals surface area contributed by atoms with Crippen LogP contribution in [-0.4, -0.2) is 69.4 Å². The third-order valence-corrected chi connectivity index (χ3v) is 6.24. The summed E-state index contributed by atoms with van der Waals surface area (Å²) in [6.45, 7) is 6.55. The average molecular weight is 385 g/mol. The van der Waals surface area contributed by atoms with Crippen molar-refractivity contribution in [1.29, 1.82) is 0 Å². The van der Waals surface area contributed by atoms with E-state index >= 15 is 0 Å². The molecular weight excluding hydrogens is 361 g/mol. The van der Waals surface area contributed by atoms with Crippen LogP contribution < -0.4 is 0 Å². The molecule has 0 spiro atoms. The van der Waals surface area contributed by atoms with Crippen molar-refractivity contribution in [2.45, 2.75) is 38.8 Å². The van der Waals surface area contributed by atoms with Crippen molar-refractivity contribution in [3.05, 3.63) is 35.0 Å². The van der Waals surface area contributed by atoms with Gasteiger partial charge >= 0.3 is 6.03 Å². The summed E-state index contributed by atoms with van der Waals surface area (Å²) in [6, 6.07) is 1.60. The fourth-order valence-corrected chi connectivity index (χ4v) is 4.64. The Bertz CT molecular complexity index is 920. The maximum Gasteiger partial charge on any atom is 0.345 e. The van der Waals surface area contributed by atoms with Crippen molar-refractivity contribution in [3.8, 4) is 11.3 Å². The van der Waals surface area contributed by atoms with Crippen molar-refractivity contribution in [2.75, 3.05) is 32.8 Å². The Morgan fingerprint density at radius 3 is 2.86 bits per heavy atom. The first-order valence-corrected chi connectivity index (χ1v) is 9.96. The third-order valence-electron chi connectivity index (χ3n) is 6.24. The predicted molar refractivity (Wildman–Crippen MR) is 100 cm³/mol. The molecule has 8 heteroatoms. The summed E-state index contributed by atoms with van der Waals surface area (Å²) >= 11 is 0. The maximum absolute atomic E-state index is 13.5. The number of amides is 1. The molecule has 4 aliphatic rings. The lowest BCUT2D eigenvalue weighted by atomic mass is 10.0. The Kier molecular flexibility index (Phi) is 4.40. The molecule has 6 heterocycles. The van der Waals surface area contributed by atoms with Gasteiger partial charge < -0.3 is 14.5 Å². The summed E-state index contributed by atoms with van der Waals surface area (Å²) in [4.78, 5) is 21.7. The normalized spacial score (nSPS) is 24.1. The predicted octanol–water partition coefficient (Wildman–Crippen LogP) is 2.21. The molecule has 0 aromatic carbocycles. The first kappa shape index (κ1) is 17.8. The molecule has 3 fully saturated rings. The van der Waals surface area contributed by atoms with Gasteiger partial charge in [-0.3, -0.25) is 0 Å². The van der Waals surface area contributed by atoms with Crippen LogP contribution in [0.3, 0.4) is 0 Å². The Morgan fingerprint density at radius 2 is 2.07 bits per heavy atom. The highest BCUT2D eigenvalue weighted by molar-refractivity contribution is 5.80. The summed E-state index contributed by atoms with van der Waals surface area (Å²) in [5, 5.41) is 4.71. The number of carbonyl (C=O) groups is 1. The summed E-state index contributed by atoms with van der Waals surface area (Å²) in [5.41, 5.74) is 4.08. The van der Waals surface area contributed by atoms with E-state index in [1.54, 1.807) is 0 Å². The minimum Gasteiger partial charge on any atom is -0.375 e. The molecule has 0 N–H and O–H groups in total. The Hall–Kier alpha value is -2.32. The van der Waals surface area contributed by atoms with Gasteiger partial charge in [0, 0.05) is 49.5 Å². The van der Waals surface area contributed by atoms with Crippen LogP contribution in [0.2, 0.25) is 0 Å². The number of hydrogen-bond acceptors (Lipinski definition) is 5. The van der Waals surface area contributed by atoms with Crippen LogP contribution in [-0.2, 0) is 17.8 Å². The Balaban J connectivity index is 1.56. The molecule has 0 unspecified atom stereocenters. The third kappa shape index (κ3) is 2.91. The molecule has 148 valence electrons. The van der Waals surface area contributed by atoms with E-state index < -0.39 is 5.95 Å². The SMILES string of the molecule is Cc1cc(F)ncc1-c1nn(C(=O)N2CCN3CCC2CC3)c2c1CCOC2.